The van der Waals surface area contributed by atoms with Crippen LogP contribution in [0.2, 0.25) is 0 Å². The monoisotopic (exact) mass is 430 g/mol. The molecule has 1 aliphatic carbocycles. The van der Waals surface area contributed by atoms with Crippen LogP contribution in [0.4, 0.5) is 0 Å². The Balaban J connectivity index is 1.31. The minimum Gasteiger partial charge on any atom is -0.490 e. The van der Waals surface area contributed by atoms with Crippen molar-refractivity contribution in [2.24, 2.45) is 5.92 Å². The van der Waals surface area contributed by atoms with E-state index in [1.807, 2.05) is 30.3 Å². The number of hydrogen-bond acceptors (Lipinski definition) is 7. The number of rotatable bonds is 7. The highest BCUT2D eigenvalue weighted by Crippen LogP contribution is 2.36. The van der Waals surface area contributed by atoms with E-state index in [-0.39, 0.29) is 23.9 Å². The quantitative estimate of drug-likeness (QED) is 0.266. The Morgan fingerprint density at radius 3 is 2.97 bits per heavy atom. The third-order valence-electron chi connectivity index (χ3n) is 4.83. The van der Waals surface area contributed by atoms with Crippen LogP contribution in [-0.4, -0.2) is 34.9 Å². The van der Waals surface area contributed by atoms with Gasteiger partial charge in [-0.25, -0.2) is 4.98 Å². The van der Waals surface area contributed by atoms with Crippen molar-refractivity contribution in [3.05, 3.63) is 51.1 Å². The number of para-hydroxylation sites is 1. The summed E-state index contributed by atoms with van der Waals surface area (Å²) in [5.41, 5.74) is 1.04. The molecule has 1 atom stereocenters. The topological polar surface area (TPSA) is 81.3 Å². The number of aryl methyl sites for hydroxylation is 1. The molecule has 0 bridgehead atoms. The van der Waals surface area contributed by atoms with E-state index in [9.17, 15) is 9.59 Å². The lowest BCUT2D eigenvalue weighted by Crippen LogP contribution is -2.15. The van der Waals surface area contributed by atoms with Crippen molar-refractivity contribution in [1.82, 2.24) is 9.97 Å². The normalized spacial score (nSPS) is 15.8. The smallest absolute Gasteiger partial charge is 0.316 e. The van der Waals surface area contributed by atoms with E-state index in [4.69, 9.17) is 9.47 Å². The Bertz CT molecular complexity index is 1060. The predicted molar refractivity (Wildman–Crippen MR) is 115 cm³/mol. The summed E-state index contributed by atoms with van der Waals surface area (Å²) in [7, 11) is 0. The minimum absolute atomic E-state index is 0.0852. The molecular formula is C21H22N2O4S2. The summed E-state index contributed by atoms with van der Waals surface area (Å²) < 4.78 is 10.7. The molecule has 0 saturated carbocycles. The number of benzene rings is 1. The third-order valence-corrected chi connectivity index (χ3v) is 6.82. The largest absolute Gasteiger partial charge is 0.490 e. The van der Waals surface area contributed by atoms with Crippen LogP contribution >= 0.6 is 23.1 Å². The number of nitrogens with one attached hydrogen (secondary N) is 1. The highest BCUT2D eigenvalue weighted by Gasteiger charge is 2.23. The summed E-state index contributed by atoms with van der Waals surface area (Å²) in [5, 5.41) is 1.17. The molecule has 8 heteroatoms. The number of aromatic amines is 1. The molecule has 152 valence electrons. The van der Waals surface area contributed by atoms with Crippen LogP contribution in [0.5, 0.6) is 5.75 Å². The van der Waals surface area contributed by atoms with E-state index in [1.165, 1.54) is 16.6 Å². The number of carbonyl (C=O) groups is 1. The highest BCUT2D eigenvalue weighted by atomic mass is 32.2. The molecule has 0 fully saturated rings. The van der Waals surface area contributed by atoms with Crippen LogP contribution in [0.1, 0.15) is 23.8 Å². The number of hydrogen-bond donors (Lipinski definition) is 1. The second-order valence-corrected chi connectivity index (χ2v) is 9.12. The fourth-order valence-electron chi connectivity index (χ4n) is 3.40. The third kappa shape index (κ3) is 4.82. The van der Waals surface area contributed by atoms with Crippen LogP contribution in [0.3, 0.4) is 0 Å². The maximum Gasteiger partial charge on any atom is 0.316 e. The van der Waals surface area contributed by atoms with Crippen molar-refractivity contribution in [1.29, 1.82) is 0 Å². The van der Waals surface area contributed by atoms with Crippen LogP contribution < -0.4 is 10.3 Å². The van der Waals surface area contributed by atoms with Crippen LogP contribution in [0.25, 0.3) is 10.2 Å². The molecular weight excluding hydrogens is 408 g/mol. The van der Waals surface area contributed by atoms with Gasteiger partial charge < -0.3 is 14.5 Å². The van der Waals surface area contributed by atoms with Gasteiger partial charge in [0.1, 0.15) is 23.8 Å². The van der Waals surface area contributed by atoms with Gasteiger partial charge in [0.25, 0.3) is 5.56 Å². The van der Waals surface area contributed by atoms with E-state index in [0.717, 1.165) is 40.8 Å². The van der Waals surface area contributed by atoms with Crippen molar-refractivity contribution in [3.63, 3.8) is 0 Å². The maximum atomic E-state index is 12.6. The van der Waals surface area contributed by atoms with Gasteiger partial charge in [0, 0.05) is 4.88 Å². The van der Waals surface area contributed by atoms with Crippen molar-refractivity contribution in [3.8, 4) is 5.75 Å². The number of fused-ring (bicyclic) bond motifs is 3. The molecule has 1 aromatic carbocycles. The van der Waals surface area contributed by atoms with Gasteiger partial charge in [0.15, 0.2) is 5.16 Å². The van der Waals surface area contributed by atoms with E-state index >= 15 is 0 Å². The number of carbonyl (C=O) groups excluding carboxylic acids is 1. The molecule has 0 saturated heterocycles. The molecule has 2 aromatic heterocycles. The molecule has 1 aliphatic rings. The van der Waals surface area contributed by atoms with Gasteiger partial charge in [0.05, 0.1) is 11.1 Å². The number of thioether (sulfide) groups is 1. The van der Waals surface area contributed by atoms with Crippen molar-refractivity contribution < 1.29 is 14.3 Å². The van der Waals surface area contributed by atoms with E-state index in [0.29, 0.717) is 17.7 Å². The fraction of sp³-hybridized carbons (Fsp3) is 0.381. The highest BCUT2D eigenvalue weighted by molar-refractivity contribution is 7.99. The van der Waals surface area contributed by atoms with E-state index < -0.39 is 0 Å². The second kappa shape index (κ2) is 9.00. The number of thiophene rings is 1. The maximum absolute atomic E-state index is 12.6. The molecule has 0 spiro atoms. The SMILES string of the molecule is CC1CCc2c(sc3nc(SCC(=O)OCCOc4ccccc4)[nH]c(=O)c23)C1. The zero-order valence-corrected chi connectivity index (χ0v) is 17.7. The first-order valence-corrected chi connectivity index (χ1v) is 11.4. The first-order chi connectivity index (χ1) is 14.1. The van der Waals surface area contributed by atoms with Crippen LogP contribution in [-0.2, 0) is 22.4 Å². The molecule has 0 amide bonds. The lowest BCUT2D eigenvalue weighted by atomic mass is 9.89. The van der Waals surface area contributed by atoms with Gasteiger partial charge in [-0.15, -0.1) is 11.3 Å². The summed E-state index contributed by atoms with van der Waals surface area (Å²) in [6, 6.07) is 9.36. The van der Waals surface area contributed by atoms with E-state index in [1.54, 1.807) is 11.3 Å². The first kappa shape index (κ1) is 20.0. The average molecular weight is 431 g/mol. The summed E-state index contributed by atoms with van der Waals surface area (Å²) >= 11 is 2.79. The zero-order chi connectivity index (χ0) is 20.2. The summed E-state index contributed by atoms with van der Waals surface area (Å²) in [4.78, 5) is 33.9. The van der Waals surface area contributed by atoms with Gasteiger partial charge >= 0.3 is 5.97 Å². The van der Waals surface area contributed by atoms with Gasteiger partial charge in [-0.2, -0.15) is 0 Å². The number of ether oxygens (including phenoxy) is 2. The number of esters is 1. The lowest BCUT2D eigenvalue weighted by molar-refractivity contribution is -0.141. The molecule has 1 unspecified atom stereocenters. The van der Waals surface area contributed by atoms with Crippen LogP contribution in [0.15, 0.2) is 40.3 Å². The molecule has 1 N–H and O–H groups in total. The molecule has 4 rings (SSSR count). The molecule has 0 radical (unpaired) electrons. The average Bonchev–Trinajstić information content (AvgIpc) is 3.08. The fourth-order valence-corrected chi connectivity index (χ4v) is 5.50. The summed E-state index contributed by atoms with van der Waals surface area (Å²) in [6.45, 7) is 2.70. The molecule has 3 aromatic rings. The molecule has 29 heavy (non-hydrogen) atoms. The molecule has 6 nitrogen and oxygen atoms in total. The van der Waals surface area contributed by atoms with Crippen molar-refractivity contribution >= 4 is 39.3 Å². The van der Waals surface area contributed by atoms with Crippen molar-refractivity contribution in [2.75, 3.05) is 19.0 Å². The van der Waals surface area contributed by atoms with Gasteiger partial charge in [0.2, 0.25) is 0 Å². The Labute approximate surface area is 176 Å². The predicted octanol–water partition coefficient (Wildman–Crippen LogP) is 3.82. The zero-order valence-electron chi connectivity index (χ0n) is 16.1. The van der Waals surface area contributed by atoms with Gasteiger partial charge in [-0.1, -0.05) is 36.9 Å². The summed E-state index contributed by atoms with van der Waals surface area (Å²) in [5.74, 6) is 1.10. The first-order valence-electron chi connectivity index (χ1n) is 9.61. The molecule has 2 heterocycles. The number of H-pyrrole nitrogens is 1. The van der Waals surface area contributed by atoms with E-state index in [2.05, 4.69) is 16.9 Å². The lowest BCUT2D eigenvalue weighted by Gasteiger charge is -2.17. The van der Waals surface area contributed by atoms with Gasteiger partial charge in [-0.05, 0) is 42.9 Å². The Hall–Kier alpha value is -2.32. The number of nitrogens with zero attached hydrogens (tertiary/aromatic N) is 1. The number of aromatic nitrogens is 2. The summed E-state index contributed by atoms with van der Waals surface area (Å²) in [6.07, 6.45) is 3.05. The standard InChI is InChI=1S/C21H22N2O4S2/c1-13-7-8-15-16(11-13)29-20-18(15)19(25)22-21(23-20)28-12-17(24)27-10-9-26-14-5-3-2-4-6-14/h2-6,13H,7-12H2,1H3,(H,22,23,25). The minimum atomic E-state index is -0.367. The Kier molecular flexibility index (Phi) is 6.20. The van der Waals surface area contributed by atoms with Crippen molar-refractivity contribution in [2.45, 2.75) is 31.3 Å². The van der Waals surface area contributed by atoms with Gasteiger partial charge in [-0.3, -0.25) is 9.59 Å². The molecule has 0 aliphatic heterocycles. The second-order valence-electron chi connectivity index (χ2n) is 7.07. The Morgan fingerprint density at radius 2 is 2.14 bits per heavy atom. The van der Waals surface area contributed by atoms with Crippen LogP contribution in [0, 0.1) is 5.92 Å². The Morgan fingerprint density at radius 1 is 1.31 bits per heavy atom.